The SMILES string of the molecule is C[SH](C)(=O)CC(Cl)Cl. The third-order valence-corrected chi connectivity index (χ3v) is 2.56. The molecule has 0 aromatic heterocycles. The average Bonchev–Trinajstić information content (AvgIpc) is 1.21. The van der Waals surface area contributed by atoms with Gasteiger partial charge in [-0.15, -0.1) is 33.1 Å². The van der Waals surface area contributed by atoms with Crippen LogP contribution in [0.3, 0.4) is 0 Å². The molecule has 4 heteroatoms. The predicted molar refractivity (Wildman–Crippen MR) is 41.7 cm³/mol. The fourth-order valence-corrected chi connectivity index (χ4v) is 2.99. The maximum atomic E-state index is 10.9. The summed E-state index contributed by atoms with van der Waals surface area (Å²) in [6.45, 7) is 0. The summed E-state index contributed by atoms with van der Waals surface area (Å²) >= 11 is 10.7. The molecule has 52 valence electrons. The molecule has 0 heterocycles. The monoisotopic (exact) mass is 176 g/mol. The Hall–Kier alpha value is 0.730. The fourth-order valence-electron chi connectivity index (χ4n) is 0.332. The summed E-state index contributed by atoms with van der Waals surface area (Å²) in [4.78, 5) is -0.476. The summed E-state index contributed by atoms with van der Waals surface area (Å²) < 4.78 is 10.9. The van der Waals surface area contributed by atoms with E-state index in [2.05, 4.69) is 0 Å². The van der Waals surface area contributed by atoms with E-state index in [1.54, 1.807) is 12.5 Å². The molecule has 0 saturated carbocycles. The van der Waals surface area contributed by atoms with E-state index in [9.17, 15) is 4.21 Å². The summed E-state index contributed by atoms with van der Waals surface area (Å²) in [5.74, 6) is 0.413. The van der Waals surface area contributed by atoms with E-state index in [1.807, 2.05) is 0 Å². The second-order valence-corrected chi connectivity index (χ2v) is 6.94. The Morgan fingerprint density at radius 3 is 1.88 bits per heavy atom. The number of hydrogen-bond donors (Lipinski definition) is 1. The molecule has 0 saturated heterocycles. The minimum atomic E-state index is -1.99. The van der Waals surface area contributed by atoms with Gasteiger partial charge in [0.25, 0.3) is 0 Å². The van der Waals surface area contributed by atoms with Crippen molar-refractivity contribution in [1.82, 2.24) is 0 Å². The van der Waals surface area contributed by atoms with Crippen molar-refractivity contribution in [2.75, 3.05) is 18.3 Å². The van der Waals surface area contributed by atoms with Crippen molar-refractivity contribution in [1.29, 1.82) is 0 Å². The maximum absolute atomic E-state index is 10.9. The molecule has 0 aromatic carbocycles. The summed E-state index contributed by atoms with van der Waals surface area (Å²) in [5, 5.41) is 0. The Balaban J connectivity index is 3.56. The van der Waals surface area contributed by atoms with Gasteiger partial charge in [-0.3, -0.25) is 4.21 Å². The molecule has 0 bridgehead atoms. The Bertz CT molecular complexity index is 107. The molecule has 0 spiro atoms. The van der Waals surface area contributed by atoms with E-state index in [0.717, 1.165) is 0 Å². The van der Waals surface area contributed by atoms with Crippen LogP contribution in [0.2, 0.25) is 0 Å². The first kappa shape index (κ1) is 8.73. The molecule has 1 nitrogen and oxygen atoms in total. The number of rotatable bonds is 2. The molecule has 0 aliphatic carbocycles. The molecule has 0 N–H and O–H groups in total. The van der Waals surface area contributed by atoms with Crippen molar-refractivity contribution in [3.8, 4) is 0 Å². The Labute approximate surface area is 60.8 Å². The molecule has 0 rings (SSSR count). The third-order valence-electron chi connectivity index (χ3n) is 0.578. The highest BCUT2D eigenvalue weighted by atomic mass is 35.5. The van der Waals surface area contributed by atoms with Crippen molar-refractivity contribution in [2.45, 2.75) is 4.84 Å². The van der Waals surface area contributed by atoms with Gasteiger partial charge in [0.05, 0.1) is 0 Å². The van der Waals surface area contributed by atoms with E-state index in [0.29, 0.717) is 5.75 Å². The highest BCUT2D eigenvalue weighted by molar-refractivity contribution is 8.01. The molecule has 0 atom stereocenters. The normalized spacial score (nSPS) is 14.6. The number of hydrogen-bond acceptors (Lipinski definition) is 1. The first-order valence-corrected chi connectivity index (χ1v) is 5.90. The van der Waals surface area contributed by atoms with Gasteiger partial charge in [-0.25, -0.2) is 0 Å². The predicted octanol–water partition coefficient (Wildman–Crippen LogP) is 1.07. The Kier molecular flexibility index (Phi) is 3.32. The topological polar surface area (TPSA) is 17.1 Å². The zero-order valence-corrected chi connectivity index (χ0v) is 7.30. The quantitative estimate of drug-likeness (QED) is 0.493. The summed E-state index contributed by atoms with van der Waals surface area (Å²) in [6.07, 6.45) is 3.34. The average molecular weight is 177 g/mol. The molecule has 0 radical (unpaired) electrons. The zero-order valence-electron chi connectivity index (χ0n) is 4.90. The Morgan fingerprint density at radius 2 is 1.88 bits per heavy atom. The molecular formula is C4H10Cl2OS. The van der Waals surface area contributed by atoms with Crippen LogP contribution in [0, 0.1) is 0 Å². The number of thiol groups is 1. The van der Waals surface area contributed by atoms with E-state index in [4.69, 9.17) is 23.2 Å². The molecule has 0 unspecified atom stereocenters. The second kappa shape index (κ2) is 3.04. The summed E-state index contributed by atoms with van der Waals surface area (Å²) in [5.41, 5.74) is 0. The largest absolute Gasteiger partial charge is 0.285 e. The Morgan fingerprint density at radius 1 is 1.50 bits per heavy atom. The lowest BCUT2D eigenvalue weighted by Gasteiger charge is -2.10. The number of halogens is 2. The minimum absolute atomic E-state index is 0.413. The van der Waals surface area contributed by atoms with Crippen LogP contribution in [0.5, 0.6) is 0 Å². The lowest BCUT2D eigenvalue weighted by Crippen LogP contribution is -2.16. The van der Waals surface area contributed by atoms with Gasteiger partial charge < -0.3 is 0 Å². The molecule has 8 heavy (non-hydrogen) atoms. The van der Waals surface area contributed by atoms with Gasteiger partial charge in [0.2, 0.25) is 0 Å². The van der Waals surface area contributed by atoms with E-state index < -0.39 is 14.8 Å². The van der Waals surface area contributed by atoms with Gasteiger partial charge in [-0.2, -0.15) is 0 Å². The van der Waals surface area contributed by atoms with Crippen LogP contribution >= 0.6 is 23.2 Å². The second-order valence-electron chi connectivity index (χ2n) is 2.15. The smallest absolute Gasteiger partial charge is 0.117 e. The maximum Gasteiger partial charge on any atom is 0.117 e. The van der Waals surface area contributed by atoms with Gasteiger partial charge in [0, 0.05) is 5.75 Å². The van der Waals surface area contributed by atoms with Crippen LogP contribution in [-0.4, -0.2) is 27.3 Å². The molecule has 0 amide bonds. The molecule has 0 aliphatic rings. The van der Waals surface area contributed by atoms with Crippen LogP contribution < -0.4 is 0 Å². The van der Waals surface area contributed by atoms with Crippen LogP contribution in [-0.2, 0) is 9.93 Å². The lowest BCUT2D eigenvalue weighted by molar-refractivity contribution is 0.679. The highest BCUT2D eigenvalue weighted by Crippen LogP contribution is 2.07. The molecule has 0 aliphatic heterocycles. The summed E-state index contributed by atoms with van der Waals surface area (Å²) in [7, 11) is -1.99. The van der Waals surface area contributed by atoms with Gasteiger partial charge in [0.15, 0.2) is 0 Å². The zero-order chi connectivity index (χ0) is 6.78. The third kappa shape index (κ3) is 6.73. The van der Waals surface area contributed by atoms with Gasteiger partial charge >= 0.3 is 0 Å². The highest BCUT2D eigenvalue weighted by Gasteiger charge is 2.06. The van der Waals surface area contributed by atoms with Crippen LogP contribution in [0.15, 0.2) is 0 Å². The van der Waals surface area contributed by atoms with E-state index >= 15 is 0 Å². The molecular weight excluding hydrogens is 167 g/mol. The first-order chi connectivity index (χ1) is 3.42. The van der Waals surface area contributed by atoms with Crippen LogP contribution in [0.1, 0.15) is 0 Å². The van der Waals surface area contributed by atoms with Gasteiger partial charge in [-0.05, 0) is 12.5 Å². The van der Waals surface area contributed by atoms with Crippen LogP contribution in [0.4, 0.5) is 0 Å². The fraction of sp³-hybridized carbons (Fsp3) is 1.00. The van der Waals surface area contributed by atoms with Crippen molar-refractivity contribution >= 4 is 33.1 Å². The molecule has 0 fully saturated rings. The van der Waals surface area contributed by atoms with Crippen molar-refractivity contribution in [2.24, 2.45) is 0 Å². The van der Waals surface area contributed by atoms with Gasteiger partial charge in [-0.1, -0.05) is 0 Å². The minimum Gasteiger partial charge on any atom is -0.285 e. The number of alkyl halides is 2. The van der Waals surface area contributed by atoms with E-state index in [1.165, 1.54) is 0 Å². The van der Waals surface area contributed by atoms with Gasteiger partial charge in [0.1, 0.15) is 4.84 Å². The lowest BCUT2D eigenvalue weighted by atomic mass is 10.9. The van der Waals surface area contributed by atoms with Crippen molar-refractivity contribution in [3.05, 3.63) is 0 Å². The van der Waals surface area contributed by atoms with Crippen molar-refractivity contribution < 1.29 is 4.21 Å². The van der Waals surface area contributed by atoms with E-state index in [-0.39, 0.29) is 0 Å². The molecule has 0 aromatic rings. The standard InChI is InChI=1S/C4H10Cl2OS/c1-8(2,7)3-4(5)6/h4,8H,3H2,1-2H3. The van der Waals surface area contributed by atoms with Crippen LogP contribution in [0.25, 0.3) is 0 Å². The van der Waals surface area contributed by atoms with Crippen molar-refractivity contribution in [3.63, 3.8) is 0 Å². The summed E-state index contributed by atoms with van der Waals surface area (Å²) in [6, 6.07) is 0. The first-order valence-electron chi connectivity index (χ1n) is 2.24.